The molecule has 0 saturated carbocycles. The zero-order chi connectivity index (χ0) is 17.1. The van der Waals surface area contributed by atoms with Crippen molar-refractivity contribution in [3.8, 4) is 0 Å². The zero-order valence-electron chi connectivity index (χ0n) is 14.2. The second-order valence-corrected chi connectivity index (χ2v) is 7.56. The van der Waals surface area contributed by atoms with Crippen LogP contribution in [0.3, 0.4) is 0 Å². The highest BCUT2D eigenvalue weighted by Gasteiger charge is 2.27. The summed E-state index contributed by atoms with van der Waals surface area (Å²) in [5.74, 6) is 0.0417. The van der Waals surface area contributed by atoms with Crippen LogP contribution >= 0.6 is 11.3 Å². The van der Waals surface area contributed by atoms with E-state index in [1.807, 2.05) is 28.5 Å². The van der Waals surface area contributed by atoms with Crippen LogP contribution in [0.2, 0.25) is 0 Å². The second-order valence-electron chi connectivity index (χ2n) is 6.67. The number of benzene rings is 1. The van der Waals surface area contributed by atoms with Crippen molar-refractivity contribution in [3.63, 3.8) is 0 Å². The third-order valence-electron chi connectivity index (χ3n) is 4.80. The van der Waals surface area contributed by atoms with Gasteiger partial charge in [-0.05, 0) is 37.8 Å². The number of thiazole rings is 1. The molecule has 2 unspecified atom stereocenters. The molecule has 6 heteroatoms. The van der Waals surface area contributed by atoms with Gasteiger partial charge >= 0.3 is 0 Å². The van der Waals surface area contributed by atoms with Gasteiger partial charge in [0, 0.05) is 36.8 Å². The Morgan fingerprint density at radius 3 is 2.92 bits per heavy atom. The second kappa shape index (κ2) is 7.54. The maximum absolute atomic E-state index is 12.8. The Hall–Kier alpha value is -1.92. The molecule has 2 aliphatic heterocycles. The van der Waals surface area contributed by atoms with Gasteiger partial charge in [0.15, 0.2) is 0 Å². The van der Waals surface area contributed by atoms with Crippen LogP contribution in [0, 0.1) is 0 Å². The zero-order valence-corrected chi connectivity index (χ0v) is 15.0. The highest BCUT2D eigenvalue weighted by atomic mass is 32.1. The van der Waals surface area contributed by atoms with Crippen LogP contribution in [0.1, 0.15) is 47.3 Å². The van der Waals surface area contributed by atoms with Gasteiger partial charge in [-0.3, -0.25) is 4.79 Å². The Kier molecular flexibility index (Phi) is 4.99. The highest BCUT2D eigenvalue weighted by Crippen LogP contribution is 2.31. The molecule has 3 heterocycles. The van der Waals surface area contributed by atoms with E-state index in [-0.39, 0.29) is 18.1 Å². The Bertz CT molecular complexity index is 712. The number of carbonyl (C=O) groups is 1. The van der Waals surface area contributed by atoms with Gasteiger partial charge in [-0.25, -0.2) is 4.98 Å². The number of ether oxygens (including phenoxy) is 1. The number of hydrogen-bond acceptors (Lipinski definition) is 5. The number of para-hydroxylation sites is 1. The molecule has 2 aromatic rings. The summed E-state index contributed by atoms with van der Waals surface area (Å²) in [5, 5.41) is 6.36. The van der Waals surface area contributed by atoms with E-state index >= 15 is 0 Å². The standard InChI is InChI=1S/C19H23N3O2S/c23-19(16-13-25-18(21-16)17-9-5-11-24-17)22-10-4-8-15(12-22)20-14-6-2-1-3-7-14/h1-3,6-7,13,15,17,20H,4-5,8-12H2. The van der Waals surface area contributed by atoms with Gasteiger partial charge < -0.3 is 15.0 Å². The van der Waals surface area contributed by atoms with Crippen LogP contribution in [-0.2, 0) is 4.74 Å². The average molecular weight is 357 g/mol. The summed E-state index contributed by atoms with van der Waals surface area (Å²) >= 11 is 1.54. The number of hydrogen-bond donors (Lipinski definition) is 1. The summed E-state index contributed by atoms with van der Waals surface area (Å²) in [7, 11) is 0. The Morgan fingerprint density at radius 1 is 1.24 bits per heavy atom. The molecule has 2 aliphatic rings. The summed E-state index contributed by atoms with van der Waals surface area (Å²) in [4.78, 5) is 19.3. The van der Waals surface area contributed by atoms with Crippen LogP contribution in [0.15, 0.2) is 35.7 Å². The van der Waals surface area contributed by atoms with E-state index in [1.165, 1.54) is 0 Å². The molecule has 0 radical (unpaired) electrons. The number of aromatic nitrogens is 1. The SMILES string of the molecule is O=C(c1csc(C2CCCO2)n1)N1CCCC(Nc2ccccc2)C1. The molecular weight excluding hydrogens is 334 g/mol. The van der Waals surface area contributed by atoms with Gasteiger partial charge in [-0.1, -0.05) is 18.2 Å². The molecule has 1 aromatic heterocycles. The monoisotopic (exact) mass is 357 g/mol. The molecule has 2 saturated heterocycles. The normalized spacial score (nSPS) is 23.6. The van der Waals surface area contributed by atoms with E-state index in [0.29, 0.717) is 5.69 Å². The first-order chi connectivity index (χ1) is 12.3. The molecule has 0 spiro atoms. The molecule has 0 bridgehead atoms. The molecular formula is C19H23N3O2S. The summed E-state index contributed by atoms with van der Waals surface area (Å²) < 4.78 is 5.67. The summed E-state index contributed by atoms with van der Waals surface area (Å²) in [6.07, 6.45) is 4.26. The van der Waals surface area contributed by atoms with Crippen molar-refractivity contribution >= 4 is 22.9 Å². The number of nitrogens with one attached hydrogen (secondary N) is 1. The Labute approximate surface area is 152 Å². The van der Waals surface area contributed by atoms with Gasteiger partial charge in [0.2, 0.25) is 0 Å². The molecule has 1 amide bonds. The van der Waals surface area contributed by atoms with E-state index in [0.717, 1.165) is 56.1 Å². The topological polar surface area (TPSA) is 54.5 Å². The third kappa shape index (κ3) is 3.85. The van der Waals surface area contributed by atoms with Gasteiger partial charge in [0.25, 0.3) is 5.91 Å². The summed E-state index contributed by atoms with van der Waals surface area (Å²) in [5.41, 5.74) is 1.67. The Morgan fingerprint density at radius 2 is 2.12 bits per heavy atom. The van der Waals surface area contributed by atoms with Crippen LogP contribution in [0.25, 0.3) is 0 Å². The van der Waals surface area contributed by atoms with Crippen LogP contribution in [0.4, 0.5) is 5.69 Å². The lowest BCUT2D eigenvalue weighted by Crippen LogP contribution is -2.45. The van der Waals surface area contributed by atoms with Gasteiger partial charge in [-0.15, -0.1) is 11.3 Å². The predicted molar refractivity (Wildman–Crippen MR) is 99.0 cm³/mol. The number of carbonyl (C=O) groups excluding carboxylic acids is 1. The van der Waals surface area contributed by atoms with Crippen molar-refractivity contribution < 1.29 is 9.53 Å². The van der Waals surface area contributed by atoms with Crippen molar-refractivity contribution in [2.75, 3.05) is 25.0 Å². The van der Waals surface area contributed by atoms with E-state index in [1.54, 1.807) is 11.3 Å². The van der Waals surface area contributed by atoms with Crippen molar-refractivity contribution in [2.45, 2.75) is 37.8 Å². The van der Waals surface area contributed by atoms with Crippen LogP contribution < -0.4 is 5.32 Å². The number of likely N-dealkylation sites (tertiary alicyclic amines) is 1. The average Bonchev–Trinajstić information content (AvgIpc) is 3.34. The van der Waals surface area contributed by atoms with Crippen molar-refractivity contribution in [3.05, 3.63) is 46.4 Å². The molecule has 132 valence electrons. The maximum Gasteiger partial charge on any atom is 0.273 e. The molecule has 2 atom stereocenters. The lowest BCUT2D eigenvalue weighted by molar-refractivity contribution is 0.0708. The fourth-order valence-electron chi connectivity index (χ4n) is 3.52. The van der Waals surface area contributed by atoms with Crippen LogP contribution in [0.5, 0.6) is 0 Å². The highest BCUT2D eigenvalue weighted by molar-refractivity contribution is 7.09. The van der Waals surface area contributed by atoms with Crippen molar-refractivity contribution in [2.24, 2.45) is 0 Å². The smallest absolute Gasteiger partial charge is 0.273 e. The number of piperidine rings is 1. The van der Waals surface area contributed by atoms with Crippen molar-refractivity contribution in [1.82, 2.24) is 9.88 Å². The minimum Gasteiger partial charge on any atom is -0.381 e. The Balaban J connectivity index is 1.39. The maximum atomic E-state index is 12.8. The van der Waals surface area contributed by atoms with E-state index in [9.17, 15) is 4.79 Å². The van der Waals surface area contributed by atoms with E-state index in [4.69, 9.17) is 4.74 Å². The molecule has 1 aromatic carbocycles. The largest absolute Gasteiger partial charge is 0.381 e. The van der Waals surface area contributed by atoms with E-state index < -0.39 is 0 Å². The fraction of sp³-hybridized carbons (Fsp3) is 0.474. The number of nitrogens with zero attached hydrogens (tertiary/aromatic N) is 2. The molecule has 5 nitrogen and oxygen atoms in total. The molecule has 1 N–H and O–H groups in total. The lowest BCUT2D eigenvalue weighted by Gasteiger charge is -2.33. The summed E-state index contributed by atoms with van der Waals surface area (Å²) in [6, 6.07) is 10.5. The van der Waals surface area contributed by atoms with Gasteiger partial charge in [-0.2, -0.15) is 0 Å². The quantitative estimate of drug-likeness (QED) is 0.906. The van der Waals surface area contributed by atoms with Crippen LogP contribution in [-0.4, -0.2) is 41.5 Å². The fourth-order valence-corrected chi connectivity index (χ4v) is 4.39. The first kappa shape index (κ1) is 16.5. The first-order valence-corrected chi connectivity index (χ1v) is 9.85. The van der Waals surface area contributed by atoms with E-state index in [2.05, 4.69) is 22.4 Å². The predicted octanol–water partition coefficient (Wildman–Crippen LogP) is 3.71. The number of anilines is 1. The number of rotatable bonds is 4. The minimum atomic E-state index is 0.0417. The first-order valence-electron chi connectivity index (χ1n) is 8.97. The number of amides is 1. The minimum absolute atomic E-state index is 0.0417. The molecule has 0 aliphatic carbocycles. The summed E-state index contributed by atoms with van der Waals surface area (Å²) in [6.45, 7) is 2.32. The lowest BCUT2D eigenvalue weighted by atomic mass is 10.0. The van der Waals surface area contributed by atoms with Gasteiger partial charge in [0.05, 0.1) is 0 Å². The molecule has 25 heavy (non-hydrogen) atoms. The van der Waals surface area contributed by atoms with Gasteiger partial charge in [0.1, 0.15) is 16.8 Å². The van der Waals surface area contributed by atoms with Crippen molar-refractivity contribution in [1.29, 1.82) is 0 Å². The molecule has 4 rings (SSSR count). The third-order valence-corrected chi connectivity index (χ3v) is 5.74. The molecule has 2 fully saturated rings.